The normalized spacial score (nSPS) is 20.9. The zero-order chi connectivity index (χ0) is 30.8. The summed E-state index contributed by atoms with van der Waals surface area (Å²) in [6.07, 6.45) is 2.20. The largest absolute Gasteiger partial charge is 0.481 e. The number of rotatable bonds is 9. The van der Waals surface area contributed by atoms with Crippen LogP contribution in [0, 0.1) is 0 Å². The lowest BCUT2D eigenvalue weighted by Gasteiger charge is -2.53. The summed E-state index contributed by atoms with van der Waals surface area (Å²) in [5.41, 5.74) is 3.50. The number of carbonyl (C=O) groups is 1. The Morgan fingerprint density at radius 1 is 0.909 bits per heavy atom. The highest BCUT2D eigenvalue weighted by Gasteiger charge is 2.43. The van der Waals surface area contributed by atoms with Gasteiger partial charge in [-0.1, -0.05) is 60.7 Å². The fourth-order valence-electron chi connectivity index (χ4n) is 6.88. The third kappa shape index (κ3) is 6.54. The van der Waals surface area contributed by atoms with Crippen molar-refractivity contribution in [3.63, 3.8) is 0 Å². The van der Waals surface area contributed by atoms with E-state index >= 15 is 0 Å². The molecule has 1 aromatic heterocycles. The van der Waals surface area contributed by atoms with Crippen LogP contribution in [0.4, 0.5) is 4.79 Å². The molecule has 9 heteroatoms. The second kappa shape index (κ2) is 13.1. The highest BCUT2D eigenvalue weighted by Crippen LogP contribution is 2.42. The Morgan fingerprint density at radius 2 is 1.55 bits per heavy atom. The van der Waals surface area contributed by atoms with Gasteiger partial charge in [0, 0.05) is 77.3 Å². The first-order valence-corrected chi connectivity index (χ1v) is 16.0. The number of aromatic nitrogens is 2. The molecular weight excluding hydrogens is 552 g/mol. The Labute approximate surface area is 261 Å². The number of amides is 2. The van der Waals surface area contributed by atoms with Crippen LogP contribution in [0.15, 0.2) is 60.7 Å². The predicted molar refractivity (Wildman–Crippen MR) is 171 cm³/mol. The number of nitrogens with zero attached hydrogens (tertiary/aromatic N) is 6. The van der Waals surface area contributed by atoms with Gasteiger partial charge in [-0.2, -0.15) is 9.97 Å². The summed E-state index contributed by atoms with van der Waals surface area (Å²) >= 11 is 0. The molecule has 1 unspecified atom stereocenters. The van der Waals surface area contributed by atoms with E-state index in [9.17, 15) is 4.79 Å². The molecule has 1 aliphatic carbocycles. The van der Waals surface area contributed by atoms with E-state index < -0.39 is 0 Å². The van der Waals surface area contributed by atoms with Crippen molar-refractivity contribution in [1.29, 1.82) is 0 Å². The topological polar surface area (TPSA) is 74.3 Å². The second-order valence-corrected chi connectivity index (χ2v) is 12.9. The zero-order valence-corrected chi connectivity index (χ0v) is 26.7. The summed E-state index contributed by atoms with van der Waals surface area (Å²) < 4.78 is 12.2. The summed E-state index contributed by atoms with van der Waals surface area (Å²) in [7, 11) is 5.35. The Balaban J connectivity index is 1.38. The summed E-state index contributed by atoms with van der Waals surface area (Å²) in [5, 5.41) is 0. The lowest BCUT2D eigenvalue weighted by Crippen LogP contribution is -2.67. The Morgan fingerprint density at radius 3 is 2.11 bits per heavy atom. The van der Waals surface area contributed by atoms with Gasteiger partial charge in [0.2, 0.25) is 11.8 Å². The van der Waals surface area contributed by atoms with Crippen molar-refractivity contribution in [3.05, 3.63) is 83.2 Å². The van der Waals surface area contributed by atoms with E-state index in [4.69, 9.17) is 19.4 Å². The van der Waals surface area contributed by atoms with Crippen LogP contribution in [0.2, 0.25) is 0 Å². The van der Waals surface area contributed by atoms with Crippen molar-refractivity contribution in [2.75, 3.05) is 53.9 Å². The first-order valence-electron chi connectivity index (χ1n) is 16.0. The van der Waals surface area contributed by atoms with E-state index in [2.05, 4.69) is 70.5 Å². The molecule has 6 rings (SSSR count). The number of methoxy groups -OCH3 is 1. The molecule has 44 heavy (non-hydrogen) atoms. The van der Waals surface area contributed by atoms with Crippen molar-refractivity contribution < 1.29 is 14.3 Å². The van der Waals surface area contributed by atoms with Gasteiger partial charge in [0.1, 0.15) is 5.82 Å². The van der Waals surface area contributed by atoms with Crippen LogP contribution in [0.5, 0.6) is 11.8 Å². The molecule has 2 aliphatic heterocycles. The maximum Gasteiger partial charge on any atom is 0.319 e. The monoisotopic (exact) mass is 598 g/mol. The summed E-state index contributed by atoms with van der Waals surface area (Å²) in [6.45, 7) is 8.58. The Kier molecular flexibility index (Phi) is 9.05. The van der Waals surface area contributed by atoms with Crippen molar-refractivity contribution in [2.45, 2.75) is 63.3 Å². The minimum atomic E-state index is -0.0190. The molecule has 9 nitrogen and oxygen atoms in total. The number of benzene rings is 2. The van der Waals surface area contributed by atoms with Crippen molar-refractivity contribution in [1.82, 2.24) is 29.6 Å². The van der Waals surface area contributed by atoms with Crippen LogP contribution < -0.4 is 9.47 Å². The number of hydrogen-bond donors (Lipinski definition) is 0. The van der Waals surface area contributed by atoms with Gasteiger partial charge in [0.25, 0.3) is 0 Å². The Hall–Kier alpha value is -3.69. The van der Waals surface area contributed by atoms with Gasteiger partial charge in [-0.25, -0.2) is 4.79 Å². The minimum Gasteiger partial charge on any atom is -0.481 e. The van der Waals surface area contributed by atoms with Gasteiger partial charge in [-0.15, -0.1) is 0 Å². The fourth-order valence-corrected chi connectivity index (χ4v) is 6.88. The van der Waals surface area contributed by atoms with Crippen LogP contribution in [-0.2, 0) is 6.54 Å². The fraction of sp³-hybridized carbons (Fsp3) is 0.514. The van der Waals surface area contributed by atoms with Gasteiger partial charge < -0.3 is 19.3 Å². The van der Waals surface area contributed by atoms with E-state index in [-0.39, 0.29) is 30.1 Å². The molecule has 3 aliphatic rings. The third-order valence-electron chi connectivity index (χ3n) is 9.04. The summed E-state index contributed by atoms with van der Waals surface area (Å²) in [4.78, 5) is 31.7. The first kappa shape index (κ1) is 30.3. The summed E-state index contributed by atoms with van der Waals surface area (Å²) in [5.74, 6) is 2.61. The standard InChI is InChI=1S/C35H46N6O3/c1-24(2)44-34-29(33(43-5)36-32(37-34)27-16-17-27)22-39-20-28-21-40(35(42)38(3)4)18-19-41(28)30(23-39)31(25-12-8-6-9-13-25)26-14-10-7-11-15-26/h6-15,24,27-28,30-31H,16-23H2,1-5H3/t28-,30?/m1/s1. The number of fused-ring (bicyclic) bond motifs is 1. The van der Waals surface area contributed by atoms with Crippen LogP contribution in [0.1, 0.15) is 61.0 Å². The molecule has 2 aromatic carbocycles. The van der Waals surface area contributed by atoms with Crippen LogP contribution in [0.3, 0.4) is 0 Å². The molecule has 234 valence electrons. The van der Waals surface area contributed by atoms with Crippen molar-refractivity contribution in [3.8, 4) is 11.8 Å². The lowest BCUT2D eigenvalue weighted by atomic mass is 9.81. The van der Waals surface area contributed by atoms with Gasteiger partial charge in [0.15, 0.2) is 0 Å². The van der Waals surface area contributed by atoms with Gasteiger partial charge >= 0.3 is 6.03 Å². The maximum atomic E-state index is 13.1. The zero-order valence-electron chi connectivity index (χ0n) is 26.7. The average Bonchev–Trinajstić information content (AvgIpc) is 3.88. The number of hydrogen-bond acceptors (Lipinski definition) is 7. The van der Waals surface area contributed by atoms with E-state index in [1.165, 1.54) is 11.1 Å². The van der Waals surface area contributed by atoms with Crippen molar-refractivity contribution >= 4 is 6.03 Å². The third-order valence-corrected chi connectivity index (χ3v) is 9.04. The first-order chi connectivity index (χ1) is 21.3. The summed E-state index contributed by atoms with van der Waals surface area (Å²) in [6, 6.07) is 22.1. The van der Waals surface area contributed by atoms with Crippen LogP contribution in [-0.4, -0.2) is 108 Å². The molecule has 0 radical (unpaired) electrons. The molecule has 2 saturated heterocycles. The molecule has 1 saturated carbocycles. The molecule has 0 spiro atoms. The number of urea groups is 1. The lowest BCUT2D eigenvalue weighted by molar-refractivity contribution is -0.0271. The SMILES string of the molecule is COc1nc(C2CC2)nc(OC(C)C)c1CN1CC(C(c2ccccc2)c2ccccc2)N2CCN(C(=O)N(C)C)C[C@H]2C1. The molecule has 3 heterocycles. The molecule has 2 atom stereocenters. The molecular formula is C35H46N6O3. The molecule has 3 fully saturated rings. The van der Waals surface area contributed by atoms with Crippen LogP contribution >= 0.6 is 0 Å². The second-order valence-electron chi connectivity index (χ2n) is 12.9. The molecule has 0 bridgehead atoms. The molecule has 3 aromatic rings. The van der Waals surface area contributed by atoms with E-state index in [0.717, 1.165) is 50.4 Å². The predicted octanol–water partition coefficient (Wildman–Crippen LogP) is 4.83. The van der Waals surface area contributed by atoms with E-state index in [1.54, 1.807) is 12.0 Å². The number of carbonyl (C=O) groups excluding carboxylic acids is 1. The van der Waals surface area contributed by atoms with Gasteiger partial charge in [-0.05, 0) is 37.8 Å². The van der Waals surface area contributed by atoms with Gasteiger partial charge in [-0.3, -0.25) is 9.80 Å². The average molecular weight is 599 g/mol. The number of ether oxygens (including phenoxy) is 2. The van der Waals surface area contributed by atoms with E-state index in [1.807, 2.05) is 32.8 Å². The highest BCUT2D eigenvalue weighted by molar-refractivity contribution is 5.74. The smallest absolute Gasteiger partial charge is 0.319 e. The quantitative estimate of drug-likeness (QED) is 0.349. The molecule has 2 amide bonds. The number of piperazine rings is 2. The van der Waals surface area contributed by atoms with Crippen molar-refractivity contribution in [2.24, 2.45) is 0 Å². The minimum absolute atomic E-state index is 0.0190. The van der Waals surface area contributed by atoms with E-state index in [0.29, 0.717) is 30.8 Å². The van der Waals surface area contributed by atoms with Crippen LogP contribution in [0.25, 0.3) is 0 Å². The Bertz CT molecular complexity index is 1380. The highest BCUT2D eigenvalue weighted by atomic mass is 16.5. The molecule has 0 N–H and O–H groups in total. The maximum absolute atomic E-state index is 13.1. The van der Waals surface area contributed by atoms with Gasteiger partial charge in [0.05, 0.1) is 18.8 Å².